The van der Waals surface area contributed by atoms with Gasteiger partial charge in [-0.2, -0.15) is 0 Å². The number of carbonyl (C=O) groups excluding carboxylic acids is 2. The molecule has 0 aliphatic carbocycles. The molecule has 0 saturated heterocycles. The summed E-state index contributed by atoms with van der Waals surface area (Å²) in [6, 6.07) is 0. The first kappa shape index (κ1) is 69.5. The topological polar surface area (TPSA) is 134 Å². The van der Waals surface area contributed by atoms with E-state index in [1.807, 2.05) is 0 Å². The van der Waals surface area contributed by atoms with Crippen LogP contribution in [0.1, 0.15) is 277 Å². The van der Waals surface area contributed by atoms with Crippen LogP contribution in [0.4, 0.5) is 0 Å². The molecule has 0 aromatic carbocycles. The zero-order valence-corrected chi connectivity index (χ0v) is 47.5. The average Bonchev–Trinajstić information content (AvgIpc) is 3.37. The normalized spacial score (nSPS) is 13.6. The minimum Gasteiger partial charge on any atom is -0.462 e. The molecule has 0 bridgehead atoms. The maximum atomic E-state index is 12.7. The summed E-state index contributed by atoms with van der Waals surface area (Å²) in [6.45, 7) is 3.62. The molecule has 0 radical (unpaired) electrons. The van der Waals surface area contributed by atoms with Crippen LogP contribution in [0.2, 0.25) is 0 Å². The number of esters is 2. The van der Waals surface area contributed by atoms with E-state index in [2.05, 4.69) is 86.8 Å². The van der Waals surface area contributed by atoms with Gasteiger partial charge in [0.05, 0.1) is 13.2 Å². The molecule has 0 aromatic heterocycles. The number of ether oxygens (including phenoxy) is 2. The molecule has 3 N–H and O–H groups in total. The van der Waals surface area contributed by atoms with E-state index < -0.39 is 32.5 Å². The summed E-state index contributed by atoms with van der Waals surface area (Å²) in [4.78, 5) is 35.1. The van der Waals surface area contributed by atoms with E-state index in [9.17, 15) is 19.0 Å². The summed E-state index contributed by atoms with van der Waals surface area (Å²) >= 11 is 0. The SMILES string of the molecule is CC/C=C\C/C=C\C/C=C\C/C=C\CCCCCCCCCCCCCCCCCCCCCCCCC(=O)OC(COC(=O)CCCCCCC/C=C\C/C=C\CCCCCC)COP(=O)(O)OCCN. The standard InChI is InChI=1S/C62H112NO8P/c1-3-5-7-9-11-13-15-17-19-21-22-23-24-25-26-27-28-29-30-31-32-33-34-35-36-37-38-39-41-43-45-47-49-51-53-55-62(65)71-60(59-70-72(66,67)69-57-56-63)58-68-61(64)54-52-50-48-46-44-42-40-20-18-16-14-12-10-8-6-4-2/h5,7,11,13-14,16-17,19-20,22-23,40,60H,3-4,6,8-10,12,15,18,21,24-39,41-59,63H2,1-2H3,(H,66,67)/b7-5-,13-11-,16-14-,19-17-,23-22-,40-20-. The lowest BCUT2D eigenvalue weighted by Gasteiger charge is -2.19. The third kappa shape index (κ3) is 56.7. The zero-order valence-electron chi connectivity index (χ0n) is 46.7. The predicted octanol–water partition coefficient (Wildman–Crippen LogP) is 18.9. The average molecular weight is 1030 g/mol. The van der Waals surface area contributed by atoms with Crippen molar-refractivity contribution >= 4 is 19.8 Å². The number of phosphoric acid groups is 1. The Hall–Kier alpha value is -2.55. The van der Waals surface area contributed by atoms with Gasteiger partial charge in [-0.15, -0.1) is 0 Å². The zero-order chi connectivity index (χ0) is 52.4. The molecule has 0 rings (SSSR count). The van der Waals surface area contributed by atoms with Crippen LogP contribution in [-0.2, 0) is 32.7 Å². The number of rotatable bonds is 56. The first-order chi connectivity index (χ1) is 35.3. The molecule has 0 aliphatic rings. The Morgan fingerprint density at radius 3 is 1.14 bits per heavy atom. The highest BCUT2D eigenvalue weighted by atomic mass is 31.2. The summed E-state index contributed by atoms with van der Waals surface area (Å²) in [5.41, 5.74) is 5.38. The minimum absolute atomic E-state index is 0.0508. The summed E-state index contributed by atoms with van der Waals surface area (Å²) < 4.78 is 33.0. The molecule has 2 unspecified atom stereocenters. The van der Waals surface area contributed by atoms with Gasteiger partial charge in [-0.05, 0) is 83.5 Å². The smallest absolute Gasteiger partial charge is 0.462 e. The summed E-state index contributed by atoms with van der Waals surface area (Å²) in [5, 5.41) is 0. The number of nitrogens with two attached hydrogens (primary N) is 1. The Morgan fingerprint density at radius 1 is 0.431 bits per heavy atom. The highest BCUT2D eigenvalue weighted by Crippen LogP contribution is 2.43. The van der Waals surface area contributed by atoms with Gasteiger partial charge >= 0.3 is 19.8 Å². The summed E-state index contributed by atoms with van der Waals surface area (Å²) in [6.07, 6.45) is 74.1. The molecular formula is C62H112NO8P. The van der Waals surface area contributed by atoms with Gasteiger partial charge in [-0.25, -0.2) is 4.57 Å². The van der Waals surface area contributed by atoms with Crippen molar-refractivity contribution in [2.45, 2.75) is 283 Å². The van der Waals surface area contributed by atoms with Gasteiger partial charge in [0, 0.05) is 19.4 Å². The number of carbonyl (C=O) groups is 2. The number of hydrogen-bond acceptors (Lipinski definition) is 8. The van der Waals surface area contributed by atoms with E-state index in [-0.39, 0.29) is 32.6 Å². The first-order valence-electron chi connectivity index (χ1n) is 29.9. The summed E-state index contributed by atoms with van der Waals surface area (Å²) in [5.74, 6) is -0.835. The third-order valence-corrected chi connectivity index (χ3v) is 13.8. The first-order valence-corrected chi connectivity index (χ1v) is 31.4. The number of allylic oxidation sites excluding steroid dienone is 12. The van der Waals surface area contributed by atoms with Crippen LogP contribution in [0.5, 0.6) is 0 Å². The lowest BCUT2D eigenvalue weighted by atomic mass is 10.0. The predicted molar refractivity (Wildman–Crippen MR) is 307 cm³/mol. The van der Waals surface area contributed by atoms with Crippen molar-refractivity contribution in [3.63, 3.8) is 0 Å². The molecule has 0 heterocycles. The third-order valence-electron chi connectivity index (χ3n) is 12.8. The quantitative estimate of drug-likeness (QED) is 0.0264. The molecule has 0 fully saturated rings. The van der Waals surface area contributed by atoms with Crippen molar-refractivity contribution in [1.29, 1.82) is 0 Å². The van der Waals surface area contributed by atoms with Crippen LogP contribution in [-0.4, -0.2) is 49.3 Å². The molecular weight excluding hydrogens is 918 g/mol. The van der Waals surface area contributed by atoms with Crippen molar-refractivity contribution in [3.05, 3.63) is 72.9 Å². The van der Waals surface area contributed by atoms with Crippen LogP contribution in [0.15, 0.2) is 72.9 Å². The molecule has 0 saturated carbocycles. The molecule has 418 valence electrons. The van der Waals surface area contributed by atoms with Gasteiger partial charge in [0.25, 0.3) is 0 Å². The minimum atomic E-state index is -4.39. The molecule has 0 aromatic rings. The number of unbranched alkanes of at least 4 members (excludes halogenated alkanes) is 31. The van der Waals surface area contributed by atoms with Gasteiger partial charge in [0.2, 0.25) is 0 Å². The van der Waals surface area contributed by atoms with Crippen molar-refractivity contribution in [1.82, 2.24) is 0 Å². The van der Waals surface area contributed by atoms with Crippen molar-refractivity contribution < 1.29 is 37.6 Å². The highest BCUT2D eigenvalue weighted by Gasteiger charge is 2.26. The van der Waals surface area contributed by atoms with E-state index in [1.165, 1.54) is 154 Å². The van der Waals surface area contributed by atoms with Crippen LogP contribution in [0.25, 0.3) is 0 Å². The van der Waals surface area contributed by atoms with Crippen molar-refractivity contribution in [2.75, 3.05) is 26.4 Å². The fraction of sp³-hybridized carbons (Fsp3) is 0.774. The van der Waals surface area contributed by atoms with Gasteiger partial charge in [-0.3, -0.25) is 18.6 Å². The maximum absolute atomic E-state index is 12.7. The van der Waals surface area contributed by atoms with Gasteiger partial charge in [0.15, 0.2) is 6.10 Å². The molecule has 0 spiro atoms. The molecule has 72 heavy (non-hydrogen) atoms. The van der Waals surface area contributed by atoms with Crippen LogP contribution in [0.3, 0.4) is 0 Å². The van der Waals surface area contributed by atoms with E-state index in [4.69, 9.17) is 24.3 Å². The second-order valence-electron chi connectivity index (χ2n) is 19.8. The molecule has 0 aliphatic heterocycles. The van der Waals surface area contributed by atoms with Gasteiger partial charge < -0.3 is 20.1 Å². The van der Waals surface area contributed by atoms with E-state index in [0.29, 0.717) is 12.8 Å². The maximum Gasteiger partial charge on any atom is 0.472 e. The van der Waals surface area contributed by atoms with Crippen LogP contribution in [0, 0.1) is 0 Å². The second-order valence-corrected chi connectivity index (χ2v) is 21.3. The lowest BCUT2D eigenvalue weighted by Crippen LogP contribution is -2.29. The van der Waals surface area contributed by atoms with Crippen LogP contribution >= 0.6 is 7.82 Å². The Balaban J connectivity index is 3.85. The Bertz CT molecular complexity index is 1410. The van der Waals surface area contributed by atoms with Crippen molar-refractivity contribution in [2.24, 2.45) is 5.73 Å². The Morgan fingerprint density at radius 2 is 0.764 bits per heavy atom. The number of hydrogen-bond donors (Lipinski definition) is 2. The second kappa shape index (κ2) is 57.7. The largest absolute Gasteiger partial charge is 0.472 e. The Labute approximate surface area is 443 Å². The fourth-order valence-electron chi connectivity index (χ4n) is 8.42. The molecule has 2 atom stereocenters. The monoisotopic (exact) mass is 1030 g/mol. The molecule has 9 nitrogen and oxygen atoms in total. The highest BCUT2D eigenvalue weighted by molar-refractivity contribution is 7.47. The van der Waals surface area contributed by atoms with Gasteiger partial charge in [0.1, 0.15) is 6.61 Å². The lowest BCUT2D eigenvalue weighted by molar-refractivity contribution is -0.161. The van der Waals surface area contributed by atoms with E-state index in [0.717, 1.165) is 83.5 Å². The van der Waals surface area contributed by atoms with E-state index in [1.54, 1.807) is 0 Å². The summed E-state index contributed by atoms with van der Waals surface area (Å²) in [7, 11) is -4.39. The Kier molecular flexibility index (Phi) is 55.7. The van der Waals surface area contributed by atoms with E-state index >= 15 is 0 Å². The van der Waals surface area contributed by atoms with Gasteiger partial charge in [-0.1, -0.05) is 254 Å². The molecule has 10 heteroatoms. The molecule has 0 amide bonds. The van der Waals surface area contributed by atoms with Crippen LogP contribution < -0.4 is 5.73 Å². The number of phosphoric ester groups is 1. The van der Waals surface area contributed by atoms with Crippen molar-refractivity contribution in [3.8, 4) is 0 Å². The fourth-order valence-corrected chi connectivity index (χ4v) is 9.19.